The number of aromatic hydroxyl groups is 1. The van der Waals surface area contributed by atoms with Gasteiger partial charge >= 0.3 is 0 Å². The Morgan fingerprint density at radius 2 is 0.951 bits per heavy atom. The van der Waals surface area contributed by atoms with E-state index in [0.29, 0.717) is 5.69 Å². The number of nitrogen functional groups attached to an aromatic ring is 1. The lowest BCUT2D eigenvalue weighted by molar-refractivity contribution is 0.477. The molecule has 0 fully saturated rings. The SMILES string of the molecule is CN(c1cccc(-c2ccc(O)c(-c3ccccc3Nc3ccccc3-c3ccccc3)c2)c1)c1ccccc1Nc1ccccc1N.c1ccc2c(c1)[nH]c1ccccc12. The first kappa shape index (κ1) is 38.3. The maximum atomic E-state index is 11.2. The molecule has 0 bridgehead atoms. The topological polar surface area (TPSA) is 89.3 Å². The first-order chi connectivity index (χ1) is 30.0. The van der Waals surface area contributed by atoms with E-state index in [1.807, 2.05) is 91.0 Å². The number of hydrogen-bond donors (Lipinski definition) is 5. The number of fused-ring (bicyclic) bond motifs is 3. The average Bonchev–Trinajstić information content (AvgIpc) is 3.70. The molecule has 0 saturated carbocycles. The summed E-state index contributed by atoms with van der Waals surface area (Å²) in [5.74, 6) is 0.220. The number of phenols is 1. The highest BCUT2D eigenvalue weighted by Gasteiger charge is 2.15. The van der Waals surface area contributed by atoms with E-state index < -0.39 is 0 Å². The molecule has 0 aliphatic rings. The number of aromatic nitrogens is 1. The monoisotopic (exact) mass is 791 g/mol. The Kier molecular flexibility index (Phi) is 10.9. The van der Waals surface area contributed by atoms with Crippen molar-refractivity contribution in [2.45, 2.75) is 0 Å². The van der Waals surface area contributed by atoms with Crippen LogP contribution < -0.4 is 21.3 Å². The Morgan fingerprint density at radius 3 is 1.67 bits per heavy atom. The summed E-state index contributed by atoms with van der Waals surface area (Å²) < 4.78 is 0. The van der Waals surface area contributed by atoms with E-state index in [4.69, 9.17) is 5.73 Å². The van der Waals surface area contributed by atoms with Crippen molar-refractivity contribution in [1.29, 1.82) is 0 Å². The van der Waals surface area contributed by atoms with Crippen LogP contribution in [-0.4, -0.2) is 17.1 Å². The van der Waals surface area contributed by atoms with Gasteiger partial charge in [-0.1, -0.05) is 146 Å². The van der Waals surface area contributed by atoms with Crippen molar-refractivity contribution < 1.29 is 5.11 Å². The molecule has 6 nitrogen and oxygen atoms in total. The van der Waals surface area contributed by atoms with E-state index in [2.05, 4.69) is 149 Å². The largest absolute Gasteiger partial charge is 0.507 e. The van der Waals surface area contributed by atoms with Crippen molar-refractivity contribution in [2.75, 3.05) is 28.3 Å². The molecule has 0 radical (unpaired) electrons. The quantitative estimate of drug-likeness (QED) is 0.0940. The number of hydrogen-bond acceptors (Lipinski definition) is 5. The molecule has 6 N–H and O–H groups in total. The van der Waals surface area contributed by atoms with Crippen LogP contribution in [0.3, 0.4) is 0 Å². The molecule has 10 rings (SSSR count). The number of aromatic amines is 1. The highest BCUT2D eigenvalue weighted by molar-refractivity contribution is 6.07. The molecule has 6 heteroatoms. The standard InChI is InChI=1S/C43H36N4O.C12H9N/c1-47(42-25-12-11-24-41(42)46-40-23-10-7-20-37(40)44)33-17-13-16-31(28-33)32-26-27-43(48)36(29-32)35-19-6-9-22-39(35)45-38-21-8-5-18-34(38)30-14-3-2-4-15-30;1-3-7-11-9(5-1)10-6-2-4-8-12(10)13-11/h2-29,45-46,48H,44H2,1H3;1-8,13H. The summed E-state index contributed by atoms with van der Waals surface area (Å²) in [6.45, 7) is 0. The van der Waals surface area contributed by atoms with Crippen LogP contribution in [0.2, 0.25) is 0 Å². The van der Waals surface area contributed by atoms with Gasteiger partial charge in [0.1, 0.15) is 5.75 Å². The molecule has 0 amide bonds. The van der Waals surface area contributed by atoms with E-state index in [0.717, 1.165) is 67.5 Å². The number of phenolic OH excluding ortho intramolecular Hbond substituents is 1. The second-order valence-electron chi connectivity index (χ2n) is 14.9. The molecule has 0 aliphatic carbocycles. The molecule has 0 unspecified atom stereocenters. The van der Waals surface area contributed by atoms with E-state index in [1.165, 1.54) is 21.8 Å². The molecule has 0 atom stereocenters. The van der Waals surface area contributed by atoms with Crippen LogP contribution in [0, 0.1) is 0 Å². The summed E-state index contributed by atoms with van der Waals surface area (Å²) in [5, 5.41) is 20.9. The Morgan fingerprint density at radius 1 is 0.426 bits per heavy atom. The smallest absolute Gasteiger partial charge is 0.123 e. The predicted molar refractivity (Wildman–Crippen MR) is 259 cm³/mol. The highest BCUT2D eigenvalue weighted by Crippen LogP contribution is 2.41. The van der Waals surface area contributed by atoms with Crippen LogP contribution in [0.4, 0.5) is 39.8 Å². The van der Waals surface area contributed by atoms with Crippen LogP contribution in [0.5, 0.6) is 5.75 Å². The molecule has 61 heavy (non-hydrogen) atoms. The highest BCUT2D eigenvalue weighted by atomic mass is 16.3. The third kappa shape index (κ3) is 8.24. The van der Waals surface area contributed by atoms with Gasteiger partial charge in [0.15, 0.2) is 0 Å². The van der Waals surface area contributed by atoms with E-state index in [-0.39, 0.29) is 5.75 Å². The van der Waals surface area contributed by atoms with Crippen LogP contribution in [0.25, 0.3) is 55.2 Å². The van der Waals surface area contributed by atoms with Crippen molar-refractivity contribution in [2.24, 2.45) is 0 Å². The van der Waals surface area contributed by atoms with Gasteiger partial charge in [-0.05, 0) is 89.5 Å². The lowest BCUT2D eigenvalue weighted by atomic mass is 9.96. The van der Waals surface area contributed by atoms with Crippen LogP contribution in [0.15, 0.2) is 218 Å². The molecule has 9 aromatic carbocycles. The summed E-state index contributed by atoms with van der Waals surface area (Å²) in [6.07, 6.45) is 0. The molecule has 0 saturated heterocycles. The number of benzene rings is 9. The first-order valence-corrected chi connectivity index (χ1v) is 20.3. The summed E-state index contributed by atoms with van der Waals surface area (Å²) in [5.41, 5.74) is 21.0. The molecule has 10 aromatic rings. The van der Waals surface area contributed by atoms with Gasteiger partial charge in [-0.3, -0.25) is 0 Å². The second kappa shape index (κ2) is 17.3. The van der Waals surface area contributed by atoms with Crippen LogP contribution >= 0.6 is 0 Å². The Balaban J connectivity index is 0.000000308. The number of nitrogens with zero attached hydrogens (tertiary/aromatic N) is 1. The second-order valence-corrected chi connectivity index (χ2v) is 14.9. The molecule has 0 spiro atoms. The lowest BCUT2D eigenvalue weighted by Gasteiger charge is -2.24. The lowest BCUT2D eigenvalue weighted by Crippen LogP contribution is -2.11. The minimum atomic E-state index is 0.220. The molecule has 296 valence electrons. The van der Waals surface area contributed by atoms with Gasteiger partial charge in [-0.2, -0.15) is 0 Å². The Bertz CT molecular complexity index is 3050. The zero-order valence-corrected chi connectivity index (χ0v) is 33.8. The van der Waals surface area contributed by atoms with Gasteiger partial charge < -0.3 is 31.4 Å². The van der Waals surface area contributed by atoms with Crippen LogP contribution in [-0.2, 0) is 0 Å². The van der Waals surface area contributed by atoms with Gasteiger partial charge in [-0.15, -0.1) is 0 Å². The number of H-pyrrole nitrogens is 1. The third-order valence-electron chi connectivity index (χ3n) is 11.0. The average molecular weight is 792 g/mol. The number of anilines is 7. The fourth-order valence-corrected chi connectivity index (χ4v) is 7.82. The van der Waals surface area contributed by atoms with Gasteiger partial charge in [-0.25, -0.2) is 0 Å². The zero-order valence-electron chi connectivity index (χ0n) is 33.8. The van der Waals surface area contributed by atoms with Crippen molar-refractivity contribution >= 4 is 61.6 Å². The fourth-order valence-electron chi connectivity index (χ4n) is 7.82. The van der Waals surface area contributed by atoms with E-state index in [1.54, 1.807) is 6.07 Å². The number of nitrogens with one attached hydrogen (secondary N) is 3. The maximum absolute atomic E-state index is 11.2. The number of para-hydroxylation sites is 8. The van der Waals surface area contributed by atoms with Gasteiger partial charge in [0, 0.05) is 62.6 Å². The van der Waals surface area contributed by atoms with Crippen LogP contribution in [0.1, 0.15) is 0 Å². The minimum absolute atomic E-state index is 0.220. The van der Waals surface area contributed by atoms with Crippen molar-refractivity contribution in [1.82, 2.24) is 4.98 Å². The van der Waals surface area contributed by atoms with E-state index >= 15 is 0 Å². The van der Waals surface area contributed by atoms with Crippen molar-refractivity contribution in [3.8, 4) is 39.1 Å². The third-order valence-corrected chi connectivity index (χ3v) is 11.0. The normalized spacial score (nSPS) is 10.8. The molecule has 1 heterocycles. The van der Waals surface area contributed by atoms with Gasteiger partial charge in [0.2, 0.25) is 0 Å². The van der Waals surface area contributed by atoms with Gasteiger partial charge in [0.05, 0.1) is 22.7 Å². The van der Waals surface area contributed by atoms with Crippen molar-refractivity contribution in [3.63, 3.8) is 0 Å². The number of rotatable bonds is 9. The van der Waals surface area contributed by atoms with E-state index in [9.17, 15) is 5.11 Å². The maximum Gasteiger partial charge on any atom is 0.123 e. The Labute approximate surface area is 356 Å². The molecular weight excluding hydrogens is 747 g/mol. The number of nitrogens with two attached hydrogens (primary N) is 1. The summed E-state index contributed by atoms with van der Waals surface area (Å²) in [7, 11) is 2.06. The fraction of sp³-hybridized carbons (Fsp3) is 0.0182. The first-order valence-electron chi connectivity index (χ1n) is 20.3. The zero-order chi connectivity index (χ0) is 41.5. The summed E-state index contributed by atoms with van der Waals surface area (Å²) in [4.78, 5) is 5.54. The molecular formula is C55H45N5O. The predicted octanol–water partition coefficient (Wildman–Crippen LogP) is 14.6. The van der Waals surface area contributed by atoms with Crippen molar-refractivity contribution in [3.05, 3.63) is 218 Å². The minimum Gasteiger partial charge on any atom is -0.507 e. The molecule has 0 aliphatic heterocycles. The van der Waals surface area contributed by atoms with Gasteiger partial charge in [0.25, 0.3) is 0 Å². The molecule has 1 aromatic heterocycles. The summed E-state index contributed by atoms with van der Waals surface area (Å²) >= 11 is 0. The Hall–Kier alpha value is -8.22. The summed E-state index contributed by atoms with van der Waals surface area (Å²) in [6, 6.07) is 73.7.